The molecule has 5 rings (SSSR count). The van der Waals surface area contributed by atoms with Crippen molar-refractivity contribution in [1.29, 1.82) is 0 Å². The molecule has 0 aliphatic carbocycles. The van der Waals surface area contributed by atoms with E-state index in [2.05, 4.69) is 43.4 Å². The molecule has 0 saturated carbocycles. The number of pyridine rings is 1. The van der Waals surface area contributed by atoms with Crippen molar-refractivity contribution in [1.82, 2.24) is 29.8 Å². The number of imidazole rings is 1. The summed E-state index contributed by atoms with van der Waals surface area (Å²) in [6.07, 6.45) is 6.88. The highest BCUT2D eigenvalue weighted by Gasteiger charge is 2.20. The first-order chi connectivity index (χ1) is 15.1. The van der Waals surface area contributed by atoms with Crippen molar-refractivity contribution in [3.05, 3.63) is 67.2 Å². The van der Waals surface area contributed by atoms with Crippen LogP contribution in [0.2, 0.25) is 0 Å². The molecule has 1 saturated heterocycles. The summed E-state index contributed by atoms with van der Waals surface area (Å²) >= 11 is 0. The zero-order valence-electron chi connectivity index (χ0n) is 17.4. The van der Waals surface area contributed by atoms with E-state index in [1.165, 1.54) is 6.33 Å². The minimum atomic E-state index is 0.637. The number of rotatable bonds is 4. The molecule has 0 unspecified atom stereocenters. The van der Waals surface area contributed by atoms with Crippen LogP contribution in [0.15, 0.2) is 55.8 Å². The molecule has 0 bridgehead atoms. The van der Waals surface area contributed by atoms with Gasteiger partial charge in [-0.3, -0.25) is 0 Å². The Morgan fingerprint density at radius 1 is 1.06 bits per heavy atom. The first-order valence-electron chi connectivity index (χ1n) is 10.2. The van der Waals surface area contributed by atoms with Crippen molar-refractivity contribution in [3.8, 4) is 11.1 Å². The number of benzene rings is 1. The lowest BCUT2D eigenvalue weighted by Gasteiger charge is -2.34. The summed E-state index contributed by atoms with van der Waals surface area (Å²) in [7, 11) is 2.15. The van der Waals surface area contributed by atoms with E-state index in [0.29, 0.717) is 17.2 Å². The number of nitrogens with two attached hydrogens (primary N) is 1. The molecule has 1 aromatic carbocycles. The Labute approximate surface area is 180 Å². The number of likely N-dealkylation sites (N-methyl/N-ethyl adjacent to an activating group) is 1. The molecular formula is C23H24N8. The molecule has 1 aliphatic heterocycles. The maximum absolute atomic E-state index is 6.30. The minimum Gasteiger partial charge on any atom is -0.398 e. The maximum Gasteiger partial charge on any atom is 0.180 e. The SMILES string of the molecule is C=C(c1nc2nccc(N3CCN(C)CC3)c2[nH]1)c1cc(-c2cncnc2)ccc1N. The van der Waals surface area contributed by atoms with Gasteiger partial charge in [0.15, 0.2) is 5.65 Å². The van der Waals surface area contributed by atoms with Crippen molar-refractivity contribution in [2.45, 2.75) is 0 Å². The van der Waals surface area contributed by atoms with E-state index in [-0.39, 0.29) is 0 Å². The zero-order valence-corrected chi connectivity index (χ0v) is 17.4. The number of nitrogens with zero attached hydrogens (tertiary/aromatic N) is 6. The third-order valence-corrected chi connectivity index (χ3v) is 5.77. The average Bonchev–Trinajstić information content (AvgIpc) is 3.25. The van der Waals surface area contributed by atoms with Crippen LogP contribution in [-0.4, -0.2) is 63.0 Å². The molecule has 1 aliphatic rings. The summed E-state index contributed by atoms with van der Waals surface area (Å²) < 4.78 is 0. The quantitative estimate of drug-likeness (QED) is 0.497. The van der Waals surface area contributed by atoms with Gasteiger partial charge >= 0.3 is 0 Å². The number of piperazine rings is 1. The van der Waals surface area contributed by atoms with E-state index in [4.69, 9.17) is 10.7 Å². The van der Waals surface area contributed by atoms with Crippen molar-refractivity contribution >= 4 is 28.1 Å². The predicted octanol–water partition coefficient (Wildman–Crippen LogP) is 2.81. The van der Waals surface area contributed by atoms with E-state index < -0.39 is 0 Å². The number of aromatic amines is 1. The van der Waals surface area contributed by atoms with Crippen LogP contribution < -0.4 is 10.6 Å². The predicted molar refractivity (Wildman–Crippen MR) is 124 cm³/mol. The number of aromatic nitrogens is 5. The largest absolute Gasteiger partial charge is 0.398 e. The van der Waals surface area contributed by atoms with Crippen LogP contribution in [0, 0.1) is 0 Å². The summed E-state index contributed by atoms with van der Waals surface area (Å²) in [5.41, 5.74) is 13.1. The highest BCUT2D eigenvalue weighted by atomic mass is 15.3. The van der Waals surface area contributed by atoms with Crippen LogP contribution in [0.5, 0.6) is 0 Å². The Kier molecular flexibility index (Phi) is 4.83. The molecule has 31 heavy (non-hydrogen) atoms. The van der Waals surface area contributed by atoms with E-state index in [1.54, 1.807) is 12.4 Å². The van der Waals surface area contributed by atoms with Gasteiger partial charge in [-0.2, -0.15) is 0 Å². The average molecular weight is 413 g/mol. The van der Waals surface area contributed by atoms with Crippen LogP contribution in [0.3, 0.4) is 0 Å². The summed E-state index contributed by atoms with van der Waals surface area (Å²) in [4.78, 5) is 25.6. The van der Waals surface area contributed by atoms with Gasteiger partial charge < -0.3 is 20.5 Å². The van der Waals surface area contributed by atoms with Gasteiger partial charge in [0.05, 0.1) is 5.69 Å². The summed E-state index contributed by atoms with van der Waals surface area (Å²) in [6.45, 7) is 8.29. The number of anilines is 2. The van der Waals surface area contributed by atoms with Crippen LogP contribution >= 0.6 is 0 Å². The Balaban J connectivity index is 1.52. The standard InChI is InChI=1S/C23H24N8/c1-15(18-11-16(3-4-19(18)24)17-12-25-14-26-13-17)22-28-21-20(5-6-27-23(21)29-22)31-9-7-30(2)8-10-31/h3-6,11-14H,1,7-10,24H2,2H3,(H,27,28,29). The lowest BCUT2D eigenvalue weighted by atomic mass is 9.99. The molecule has 3 aromatic heterocycles. The van der Waals surface area contributed by atoms with Crippen molar-refractivity contribution in [2.24, 2.45) is 0 Å². The second-order valence-electron chi connectivity index (χ2n) is 7.81. The molecule has 0 amide bonds. The minimum absolute atomic E-state index is 0.637. The van der Waals surface area contributed by atoms with Gasteiger partial charge in [-0.1, -0.05) is 12.6 Å². The number of hydrogen-bond donors (Lipinski definition) is 2. The normalized spacial score (nSPS) is 14.8. The number of nitrogens with one attached hydrogen (secondary N) is 1. The van der Waals surface area contributed by atoms with E-state index in [1.807, 2.05) is 30.5 Å². The molecule has 0 spiro atoms. The lowest BCUT2D eigenvalue weighted by Crippen LogP contribution is -2.44. The summed E-state index contributed by atoms with van der Waals surface area (Å²) in [6, 6.07) is 7.87. The molecule has 4 heterocycles. The zero-order chi connectivity index (χ0) is 21.4. The van der Waals surface area contributed by atoms with E-state index in [9.17, 15) is 0 Å². The Morgan fingerprint density at radius 2 is 1.84 bits per heavy atom. The second-order valence-corrected chi connectivity index (χ2v) is 7.81. The van der Waals surface area contributed by atoms with Crippen LogP contribution in [-0.2, 0) is 0 Å². The van der Waals surface area contributed by atoms with Gasteiger partial charge in [-0.15, -0.1) is 0 Å². The molecule has 8 nitrogen and oxygen atoms in total. The van der Waals surface area contributed by atoms with Crippen LogP contribution in [0.4, 0.5) is 11.4 Å². The maximum atomic E-state index is 6.30. The fourth-order valence-corrected chi connectivity index (χ4v) is 3.92. The van der Waals surface area contributed by atoms with E-state index in [0.717, 1.165) is 59.6 Å². The smallest absolute Gasteiger partial charge is 0.180 e. The number of fused-ring (bicyclic) bond motifs is 1. The molecule has 0 atom stereocenters. The molecular weight excluding hydrogens is 388 g/mol. The Hall–Kier alpha value is -3.78. The van der Waals surface area contributed by atoms with Crippen LogP contribution in [0.1, 0.15) is 11.4 Å². The van der Waals surface area contributed by atoms with E-state index >= 15 is 0 Å². The molecule has 8 heteroatoms. The van der Waals surface area contributed by atoms with Gasteiger partial charge in [0.25, 0.3) is 0 Å². The third kappa shape index (κ3) is 3.62. The number of hydrogen-bond acceptors (Lipinski definition) is 7. The van der Waals surface area contributed by atoms with Gasteiger partial charge in [-0.05, 0) is 30.8 Å². The highest BCUT2D eigenvalue weighted by molar-refractivity contribution is 5.91. The fourth-order valence-electron chi connectivity index (χ4n) is 3.92. The topological polar surface area (TPSA) is 99.9 Å². The van der Waals surface area contributed by atoms with Gasteiger partial charge in [0.2, 0.25) is 0 Å². The molecule has 4 aromatic rings. The van der Waals surface area contributed by atoms with Crippen LogP contribution in [0.25, 0.3) is 27.9 Å². The monoisotopic (exact) mass is 412 g/mol. The second kappa shape index (κ2) is 7.81. The molecule has 3 N–H and O–H groups in total. The van der Waals surface area contributed by atoms with Gasteiger partial charge in [0, 0.05) is 67.2 Å². The van der Waals surface area contributed by atoms with Crippen molar-refractivity contribution in [3.63, 3.8) is 0 Å². The molecule has 1 fully saturated rings. The lowest BCUT2D eigenvalue weighted by molar-refractivity contribution is 0.313. The number of H-pyrrole nitrogens is 1. The fraction of sp³-hybridized carbons (Fsp3) is 0.217. The molecule has 0 radical (unpaired) electrons. The summed E-state index contributed by atoms with van der Waals surface area (Å²) in [5, 5.41) is 0. The third-order valence-electron chi connectivity index (χ3n) is 5.77. The van der Waals surface area contributed by atoms with Gasteiger partial charge in [0.1, 0.15) is 17.7 Å². The Morgan fingerprint density at radius 3 is 2.61 bits per heavy atom. The first kappa shape index (κ1) is 19.2. The Bertz CT molecular complexity index is 1240. The van der Waals surface area contributed by atoms with Gasteiger partial charge in [-0.25, -0.2) is 19.9 Å². The number of nitrogen functional groups attached to an aromatic ring is 1. The van der Waals surface area contributed by atoms with Crippen molar-refractivity contribution < 1.29 is 0 Å². The first-order valence-corrected chi connectivity index (χ1v) is 10.2. The molecule has 156 valence electrons. The summed E-state index contributed by atoms with van der Waals surface area (Å²) in [5.74, 6) is 0.664. The van der Waals surface area contributed by atoms with Crippen molar-refractivity contribution in [2.75, 3.05) is 43.9 Å². The highest BCUT2D eigenvalue weighted by Crippen LogP contribution is 2.32.